The number of amides is 1. The second kappa shape index (κ2) is 7.59. The Balaban J connectivity index is 2.01. The fourth-order valence-electron chi connectivity index (χ4n) is 2.97. The van der Waals surface area contributed by atoms with Crippen LogP contribution in [0.3, 0.4) is 0 Å². The lowest BCUT2D eigenvalue weighted by atomic mass is 9.97. The van der Waals surface area contributed by atoms with Crippen LogP contribution in [-0.2, 0) is 22.6 Å². The molecular formula is C18H26N2O3. The lowest BCUT2D eigenvalue weighted by Gasteiger charge is -2.33. The van der Waals surface area contributed by atoms with E-state index in [2.05, 4.69) is 22.3 Å². The van der Waals surface area contributed by atoms with Gasteiger partial charge in [-0.2, -0.15) is 0 Å². The average Bonchev–Trinajstić information content (AvgIpc) is 2.57. The highest BCUT2D eigenvalue weighted by molar-refractivity contribution is 5.86. The van der Waals surface area contributed by atoms with Crippen LogP contribution in [0.15, 0.2) is 24.3 Å². The van der Waals surface area contributed by atoms with Gasteiger partial charge in [0.2, 0.25) is 5.91 Å². The van der Waals surface area contributed by atoms with Crippen molar-refractivity contribution in [3.8, 4) is 0 Å². The molecule has 0 saturated heterocycles. The van der Waals surface area contributed by atoms with Gasteiger partial charge in [0.1, 0.15) is 6.04 Å². The lowest BCUT2D eigenvalue weighted by molar-refractivity contribution is -0.144. The predicted molar refractivity (Wildman–Crippen MR) is 89.0 cm³/mol. The molecule has 1 aliphatic rings. The normalized spacial score (nSPS) is 18.6. The summed E-state index contributed by atoms with van der Waals surface area (Å²) in [5.74, 6) is -1.27. The zero-order chi connectivity index (χ0) is 17.0. The van der Waals surface area contributed by atoms with Crippen molar-refractivity contribution >= 4 is 11.9 Å². The van der Waals surface area contributed by atoms with Gasteiger partial charge in [0, 0.05) is 13.1 Å². The molecular weight excluding hydrogens is 292 g/mol. The molecule has 2 rings (SSSR count). The number of carboxylic acids is 1. The number of hydrogen-bond donors (Lipinski definition) is 2. The van der Waals surface area contributed by atoms with Crippen LogP contribution in [0.2, 0.25) is 0 Å². The lowest BCUT2D eigenvalue weighted by Crippen LogP contribution is -2.53. The number of fused-ring (bicyclic) bond motifs is 1. The summed E-state index contributed by atoms with van der Waals surface area (Å²) in [5, 5.41) is 12.0. The Morgan fingerprint density at radius 2 is 1.91 bits per heavy atom. The molecule has 1 heterocycles. The van der Waals surface area contributed by atoms with Gasteiger partial charge in [-0.25, -0.2) is 4.79 Å². The minimum absolute atomic E-state index is 0.0919. The van der Waals surface area contributed by atoms with Crippen molar-refractivity contribution in [2.75, 3.05) is 6.54 Å². The first-order chi connectivity index (χ1) is 10.9. The highest BCUT2D eigenvalue weighted by atomic mass is 16.4. The SMILES string of the molecule is CC[C@H](C)[C@H](NC(=O)C(C)N1CCc2ccccc2C1)C(=O)O. The first-order valence-corrected chi connectivity index (χ1v) is 8.28. The maximum atomic E-state index is 12.5. The van der Waals surface area contributed by atoms with E-state index in [0.29, 0.717) is 6.42 Å². The largest absolute Gasteiger partial charge is 0.480 e. The van der Waals surface area contributed by atoms with Crippen molar-refractivity contribution in [2.45, 2.75) is 52.2 Å². The molecule has 2 N–H and O–H groups in total. The van der Waals surface area contributed by atoms with Gasteiger partial charge >= 0.3 is 5.97 Å². The molecule has 1 aromatic rings. The van der Waals surface area contributed by atoms with E-state index >= 15 is 0 Å². The molecule has 0 saturated carbocycles. The van der Waals surface area contributed by atoms with Gasteiger partial charge in [0.25, 0.3) is 0 Å². The van der Waals surface area contributed by atoms with Crippen LogP contribution in [-0.4, -0.2) is 40.5 Å². The predicted octanol–water partition coefficient (Wildman–Crippen LogP) is 2.05. The number of nitrogens with one attached hydrogen (secondary N) is 1. The van der Waals surface area contributed by atoms with Crippen LogP contribution in [0.5, 0.6) is 0 Å². The molecule has 3 atom stereocenters. The molecule has 1 aromatic carbocycles. The van der Waals surface area contributed by atoms with Crippen LogP contribution < -0.4 is 5.32 Å². The molecule has 1 unspecified atom stereocenters. The molecule has 126 valence electrons. The Bertz CT molecular complexity index is 573. The number of carbonyl (C=O) groups is 2. The fraction of sp³-hybridized carbons (Fsp3) is 0.556. The summed E-state index contributed by atoms with van der Waals surface area (Å²) < 4.78 is 0. The second-order valence-electron chi connectivity index (χ2n) is 6.38. The van der Waals surface area contributed by atoms with Crippen LogP contribution in [0.25, 0.3) is 0 Å². The van der Waals surface area contributed by atoms with E-state index in [1.54, 1.807) is 0 Å². The molecule has 1 aliphatic heterocycles. The van der Waals surface area contributed by atoms with Gasteiger partial charge in [-0.15, -0.1) is 0 Å². The Kier molecular flexibility index (Phi) is 5.77. The zero-order valence-electron chi connectivity index (χ0n) is 14.1. The first kappa shape index (κ1) is 17.5. The van der Waals surface area contributed by atoms with E-state index in [9.17, 15) is 14.7 Å². The molecule has 23 heavy (non-hydrogen) atoms. The van der Waals surface area contributed by atoms with Gasteiger partial charge < -0.3 is 10.4 Å². The maximum Gasteiger partial charge on any atom is 0.326 e. The number of hydrogen-bond acceptors (Lipinski definition) is 3. The molecule has 0 aliphatic carbocycles. The van der Waals surface area contributed by atoms with Crippen molar-refractivity contribution in [2.24, 2.45) is 5.92 Å². The first-order valence-electron chi connectivity index (χ1n) is 8.28. The van der Waals surface area contributed by atoms with E-state index in [1.807, 2.05) is 32.9 Å². The number of benzene rings is 1. The van der Waals surface area contributed by atoms with Crippen LogP contribution in [0.1, 0.15) is 38.3 Å². The summed E-state index contributed by atoms with van der Waals surface area (Å²) in [6.45, 7) is 7.16. The Morgan fingerprint density at radius 3 is 2.52 bits per heavy atom. The van der Waals surface area contributed by atoms with Crippen molar-refractivity contribution in [1.82, 2.24) is 10.2 Å². The second-order valence-corrected chi connectivity index (χ2v) is 6.38. The van der Waals surface area contributed by atoms with Gasteiger partial charge in [-0.05, 0) is 30.4 Å². The Labute approximate surface area is 137 Å². The third-order valence-corrected chi connectivity index (χ3v) is 4.86. The van der Waals surface area contributed by atoms with Gasteiger partial charge in [-0.3, -0.25) is 9.69 Å². The quantitative estimate of drug-likeness (QED) is 0.842. The minimum Gasteiger partial charge on any atom is -0.480 e. The minimum atomic E-state index is -0.969. The van der Waals surface area contributed by atoms with Gasteiger partial charge in [0.15, 0.2) is 0 Å². The third-order valence-electron chi connectivity index (χ3n) is 4.86. The third kappa shape index (κ3) is 4.10. The number of rotatable bonds is 6. The van der Waals surface area contributed by atoms with Gasteiger partial charge in [0.05, 0.1) is 6.04 Å². The van der Waals surface area contributed by atoms with E-state index < -0.39 is 12.0 Å². The highest BCUT2D eigenvalue weighted by Gasteiger charge is 2.30. The molecule has 0 spiro atoms. The smallest absolute Gasteiger partial charge is 0.326 e. The summed E-state index contributed by atoms with van der Waals surface area (Å²) in [4.78, 5) is 25.9. The number of nitrogens with zero attached hydrogens (tertiary/aromatic N) is 1. The molecule has 0 aromatic heterocycles. The molecule has 0 bridgehead atoms. The van der Waals surface area contributed by atoms with Crippen molar-refractivity contribution in [3.63, 3.8) is 0 Å². The molecule has 5 heteroatoms. The summed E-state index contributed by atoms with van der Waals surface area (Å²) in [5.41, 5.74) is 2.58. The Hall–Kier alpha value is -1.88. The fourth-order valence-corrected chi connectivity index (χ4v) is 2.97. The zero-order valence-corrected chi connectivity index (χ0v) is 14.1. The number of carboxylic acid groups (broad SMARTS) is 1. The summed E-state index contributed by atoms with van der Waals surface area (Å²) in [6, 6.07) is 7.10. The van der Waals surface area contributed by atoms with E-state index in [-0.39, 0.29) is 17.9 Å². The summed E-state index contributed by atoms with van der Waals surface area (Å²) in [7, 11) is 0. The van der Waals surface area contributed by atoms with Crippen molar-refractivity contribution < 1.29 is 14.7 Å². The summed E-state index contributed by atoms with van der Waals surface area (Å²) in [6.07, 6.45) is 1.63. The topological polar surface area (TPSA) is 69.6 Å². The maximum absolute atomic E-state index is 12.5. The molecule has 0 radical (unpaired) electrons. The average molecular weight is 318 g/mol. The molecule has 0 fully saturated rings. The number of aliphatic carboxylic acids is 1. The van der Waals surface area contributed by atoms with Crippen molar-refractivity contribution in [3.05, 3.63) is 35.4 Å². The van der Waals surface area contributed by atoms with E-state index in [0.717, 1.165) is 19.5 Å². The van der Waals surface area contributed by atoms with E-state index in [1.165, 1.54) is 11.1 Å². The van der Waals surface area contributed by atoms with Gasteiger partial charge in [-0.1, -0.05) is 44.5 Å². The Morgan fingerprint density at radius 1 is 1.26 bits per heavy atom. The van der Waals surface area contributed by atoms with Crippen molar-refractivity contribution in [1.29, 1.82) is 0 Å². The van der Waals surface area contributed by atoms with Crippen LogP contribution >= 0.6 is 0 Å². The summed E-state index contributed by atoms with van der Waals surface area (Å²) >= 11 is 0. The van der Waals surface area contributed by atoms with E-state index in [4.69, 9.17) is 0 Å². The number of carbonyl (C=O) groups excluding carboxylic acids is 1. The standard InChI is InChI=1S/C18H26N2O3/c1-4-12(2)16(18(22)23)19-17(21)13(3)20-10-9-14-7-5-6-8-15(14)11-20/h5-8,12-13,16H,4,9-11H2,1-3H3,(H,19,21)(H,22,23)/t12-,13?,16-/m0/s1. The van der Waals surface area contributed by atoms with Crippen LogP contribution in [0, 0.1) is 5.92 Å². The van der Waals surface area contributed by atoms with Crippen LogP contribution in [0.4, 0.5) is 0 Å². The highest BCUT2D eigenvalue weighted by Crippen LogP contribution is 2.20. The molecule has 1 amide bonds. The monoisotopic (exact) mass is 318 g/mol. The molecule has 5 nitrogen and oxygen atoms in total.